The zero-order chi connectivity index (χ0) is 21.0. The molecule has 1 aromatic heterocycles. The van der Waals surface area contributed by atoms with Gasteiger partial charge in [0.25, 0.3) is 5.91 Å². The maximum atomic E-state index is 13.4. The van der Waals surface area contributed by atoms with E-state index in [2.05, 4.69) is 15.9 Å². The summed E-state index contributed by atoms with van der Waals surface area (Å²) in [6.45, 7) is 0. The minimum Gasteiger partial charge on any atom is -0.450 e. The molecule has 0 N–H and O–H groups in total. The van der Waals surface area contributed by atoms with Crippen LogP contribution in [-0.2, 0) is 0 Å². The van der Waals surface area contributed by atoms with Gasteiger partial charge in [-0.3, -0.25) is 14.5 Å². The molecule has 1 atom stereocenters. The minimum atomic E-state index is -0.690. The maximum Gasteiger partial charge on any atom is 0.295 e. The van der Waals surface area contributed by atoms with Crippen LogP contribution in [0.2, 0.25) is 10.0 Å². The number of carbonyl (C=O) groups excluding carboxylic acids is 1. The lowest BCUT2D eigenvalue weighted by molar-refractivity contribution is 0.0971. The number of hydrogen-bond donors (Lipinski definition) is 0. The fourth-order valence-corrected chi connectivity index (χ4v) is 4.36. The van der Waals surface area contributed by atoms with Crippen LogP contribution in [0, 0.1) is 0 Å². The highest BCUT2D eigenvalue weighted by Gasteiger charge is 2.43. The summed E-state index contributed by atoms with van der Waals surface area (Å²) < 4.78 is 6.80. The molecule has 4 nitrogen and oxygen atoms in total. The summed E-state index contributed by atoms with van der Waals surface area (Å²) in [5.74, 6) is -0.344. The van der Waals surface area contributed by atoms with Crippen LogP contribution in [0.3, 0.4) is 0 Å². The van der Waals surface area contributed by atoms with Gasteiger partial charge < -0.3 is 4.42 Å². The first-order valence-electron chi connectivity index (χ1n) is 9.05. The summed E-state index contributed by atoms with van der Waals surface area (Å²) in [5, 5.41) is 1.16. The number of para-hydroxylation sites is 1. The Kier molecular flexibility index (Phi) is 4.69. The summed E-state index contributed by atoms with van der Waals surface area (Å²) in [4.78, 5) is 28.4. The molecule has 0 spiro atoms. The van der Waals surface area contributed by atoms with Gasteiger partial charge in [0.1, 0.15) is 5.58 Å². The molecule has 1 unspecified atom stereocenters. The van der Waals surface area contributed by atoms with Crippen LogP contribution in [0.15, 0.2) is 80.4 Å². The lowest BCUT2D eigenvalue weighted by Gasteiger charge is -2.25. The van der Waals surface area contributed by atoms with Crippen LogP contribution in [0.4, 0.5) is 5.69 Å². The van der Waals surface area contributed by atoms with Crippen molar-refractivity contribution in [3.63, 3.8) is 0 Å². The Labute approximate surface area is 189 Å². The van der Waals surface area contributed by atoms with Gasteiger partial charge >= 0.3 is 0 Å². The van der Waals surface area contributed by atoms with E-state index in [4.69, 9.17) is 27.6 Å². The van der Waals surface area contributed by atoms with E-state index in [1.54, 1.807) is 47.4 Å². The molecule has 5 rings (SSSR count). The van der Waals surface area contributed by atoms with Crippen LogP contribution < -0.4 is 10.3 Å². The van der Waals surface area contributed by atoms with Gasteiger partial charge in [-0.15, -0.1) is 0 Å². The van der Waals surface area contributed by atoms with E-state index in [9.17, 15) is 9.59 Å². The van der Waals surface area contributed by atoms with E-state index in [0.29, 0.717) is 37.8 Å². The molecule has 4 aromatic rings. The number of benzene rings is 3. The van der Waals surface area contributed by atoms with E-state index in [1.807, 2.05) is 24.3 Å². The van der Waals surface area contributed by atoms with Gasteiger partial charge in [-0.05, 0) is 54.1 Å². The fraction of sp³-hybridized carbons (Fsp3) is 0.0435. The fourth-order valence-electron chi connectivity index (χ4n) is 3.79. The molecule has 0 saturated heterocycles. The molecule has 3 aromatic carbocycles. The molecule has 2 heterocycles. The summed E-state index contributed by atoms with van der Waals surface area (Å²) in [5.41, 5.74) is 1.73. The van der Waals surface area contributed by atoms with Gasteiger partial charge in [0.15, 0.2) is 5.43 Å². The quantitative estimate of drug-likeness (QED) is 0.311. The number of rotatable bonds is 2. The zero-order valence-electron chi connectivity index (χ0n) is 15.2. The molecule has 0 bridgehead atoms. The molecule has 0 fully saturated rings. The second-order valence-corrected chi connectivity index (χ2v) is 8.63. The molecule has 0 radical (unpaired) electrons. The number of fused-ring (bicyclic) bond motifs is 2. The predicted octanol–water partition coefficient (Wildman–Crippen LogP) is 6.61. The molecule has 7 heteroatoms. The highest BCUT2D eigenvalue weighted by Crippen LogP contribution is 2.42. The van der Waals surface area contributed by atoms with Crippen LogP contribution in [-0.4, -0.2) is 5.91 Å². The Balaban J connectivity index is 1.82. The van der Waals surface area contributed by atoms with Crippen molar-refractivity contribution in [3.05, 3.63) is 108 Å². The topological polar surface area (TPSA) is 50.5 Å². The Hall–Kier alpha value is -2.60. The zero-order valence-corrected chi connectivity index (χ0v) is 18.3. The largest absolute Gasteiger partial charge is 0.450 e. The molecule has 30 heavy (non-hydrogen) atoms. The third-order valence-corrected chi connectivity index (χ3v) is 6.41. The van der Waals surface area contributed by atoms with Gasteiger partial charge in [-0.2, -0.15) is 0 Å². The van der Waals surface area contributed by atoms with E-state index >= 15 is 0 Å². The summed E-state index contributed by atoms with van der Waals surface area (Å²) >= 11 is 15.8. The van der Waals surface area contributed by atoms with E-state index in [0.717, 1.165) is 4.47 Å². The first kappa shape index (κ1) is 19.4. The maximum absolute atomic E-state index is 13.4. The molecular weight excluding hydrogens is 489 g/mol. The number of amides is 1. The first-order chi connectivity index (χ1) is 14.5. The predicted molar refractivity (Wildman–Crippen MR) is 122 cm³/mol. The molecule has 148 valence electrons. The van der Waals surface area contributed by atoms with Crippen molar-refractivity contribution in [2.45, 2.75) is 6.04 Å². The summed E-state index contributed by atoms with van der Waals surface area (Å²) in [7, 11) is 0. The standard InChI is InChI=1S/C23H12BrCl2NO3/c24-13-6-8-14(9-7-13)27-20(12-5-10-16(25)17(26)11-12)19-21(28)15-3-1-2-4-18(15)30-22(19)23(27)29/h1-11,20H. The van der Waals surface area contributed by atoms with Crippen molar-refractivity contribution >= 4 is 61.7 Å². The van der Waals surface area contributed by atoms with E-state index in [-0.39, 0.29) is 17.1 Å². The van der Waals surface area contributed by atoms with Crippen LogP contribution in [0.1, 0.15) is 27.7 Å². The third kappa shape index (κ3) is 2.97. The van der Waals surface area contributed by atoms with Gasteiger partial charge in [0.2, 0.25) is 5.76 Å². The number of carbonyl (C=O) groups is 1. The van der Waals surface area contributed by atoms with E-state index in [1.165, 1.54) is 0 Å². The molecule has 0 aliphatic carbocycles. The number of hydrogen-bond acceptors (Lipinski definition) is 3. The SMILES string of the molecule is O=C1c2oc3ccccc3c(=O)c2C(c2ccc(Cl)c(Cl)c2)N1c1ccc(Br)cc1. The van der Waals surface area contributed by atoms with Crippen molar-refractivity contribution in [2.24, 2.45) is 0 Å². The van der Waals surface area contributed by atoms with Crippen molar-refractivity contribution in [2.75, 3.05) is 4.90 Å². The van der Waals surface area contributed by atoms with Crippen molar-refractivity contribution in [3.8, 4) is 0 Å². The second-order valence-electron chi connectivity index (χ2n) is 6.90. The molecule has 0 saturated carbocycles. The number of anilines is 1. The van der Waals surface area contributed by atoms with Crippen LogP contribution >= 0.6 is 39.1 Å². The third-order valence-electron chi connectivity index (χ3n) is 5.14. The van der Waals surface area contributed by atoms with Crippen LogP contribution in [0.25, 0.3) is 11.0 Å². The molecule has 1 aliphatic heterocycles. The minimum absolute atomic E-state index is 0.0395. The van der Waals surface area contributed by atoms with Crippen LogP contribution in [0.5, 0.6) is 0 Å². The second kappa shape index (κ2) is 7.27. The van der Waals surface area contributed by atoms with Gasteiger partial charge in [0, 0.05) is 10.2 Å². The molecule has 1 amide bonds. The smallest absolute Gasteiger partial charge is 0.295 e. The van der Waals surface area contributed by atoms with E-state index < -0.39 is 6.04 Å². The Bertz CT molecular complexity index is 1380. The molecule has 1 aliphatic rings. The Morgan fingerprint density at radius 3 is 2.37 bits per heavy atom. The highest BCUT2D eigenvalue weighted by atomic mass is 79.9. The number of halogens is 3. The molecular formula is C23H12BrCl2NO3. The Morgan fingerprint density at radius 1 is 0.900 bits per heavy atom. The van der Waals surface area contributed by atoms with Gasteiger partial charge in [-0.1, -0.05) is 57.3 Å². The van der Waals surface area contributed by atoms with Crippen molar-refractivity contribution in [1.29, 1.82) is 0 Å². The normalized spacial score (nSPS) is 15.6. The summed E-state index contributed by atoms with van der Waals surface area (Å²) in [6, 6.07) is 18.6. The Morgan fingerprint density at radius 2 is 1.63 bits per heavy atom. The average molecular weight is 501 g/mol. The first-order valence-corrected chi connectivity index (χ1v) is 10.6. The summed E-state index contributed by atoms with van der Waals surface area (Å²) in [6.07, 6.45) is 0. The van der Waals surface area contributed by atoms with Crippen molar-refractivity contribution < 1.29 is 9.21 Å². The lowest BCUT2D eigenvalue weighted by atomic mass is 9.98. The van der Waals surface area contributed by atoms with Gasteiger partial charge in [-0.25, -0.2) is 0 Å². The lowest BCUT2D eigenvalue weighted by Crippen LogP contribution is -2.29. The van der Waals surface area contributed by atoms with Gasteiger partial charge in [0.05, 0.1) is 27.0 Å². The monoisotopic (exact) mass is 499 g/mol. The highest BCUT2D eigenvalue weighted by molar-refractivity contribution is 9.10. The van der Waals surface area contributed by atoms with Crippen molar-refractivity contribution in [1.82, 2.24) is 0 Å². The number of nitrogens with zero attached hydrogens (tertiary/aromatic N) is 1. The average Bonchev–Trinajstić information content (AvgIpc) is 3.04.